The summed E-state index contributed by atoms with van der Waals surface area (Å²) in [6, 6.07) is 11.3. The predicted octanol–water partition coefficient (Wildman–Crippen LogP) is 5.98. The second-order valence-corrected chi connectivity index (χ2v) is 11.2. The Balaban J connectivity index is 1.24. The number of benzene rings is 2. The van der Waals surface area contributed by atoms with Gasteiger partial charge in [-0.3, -0.25) is 9.69 Å². The van der Waals surface area contributed by atoms with Crippen molar-refractivity contribution in [3.63, 3.8) is 0 Å². The van der Waals surface area contributed by atoms with Crippen molar-refractivity contribution in [3.8, 4) is 17.1 Å². The summed E-state index contributed by atoms with van der Waals surface area (Å²) in [4.78, 5) is 20.1. The number of amides is 1. The van der Waals surface area contributed by atoms with Crippen LogP contribution in [0.25, 0.3) is 11.4 Å². The Bertz CT molecular complexity index is 1280. The molecule has 2 aliphatic rings. The fourth-order valence-electron chi connectivity index (χ4n) is 5.10. The van der Waals surface area contributed by atoms with Gasteiger partial charge in [0.2, 0.25) is 17.6 Å². The Morgan fingerprint density at radius 2 is 2.06 bits per heavy atom. The van der Waals surface area contributed by atoms with Crippen LogP contribution in [0.1, 0.15) is 56.2 Å². The summed E-state index contributed by atoms with van der Waals surface area (Å²) in [6.45, 7) is 8.17. The van der Waals surface area contributed by atoms with Crippen LogP contribution in [0.2, 0.25) is 10.0 Å². The van der Waals surface area contributed by atoms with E-state index in [1.165, 1.54) is 0 Å². The number of likely N-dealkylation sites (tertiary alicyclic amines) is 1. The maximum absolute atomic E-state index is 13.4. The third-order valence-electron chi connectivity index (χ3n) is 6.81. The minimum absolute atomic E-state index is 0.0749. The molecule has 2 atom stereocenters. The number of rotatable bonds is 5. The highest BCUT2D eigenvalue weighted by molar-refractivity contribution is 6.36. The maximum Gasteiger partial charge on any atom is 0.241 e. The summed E-state index contributed by atoms with van der Waals surface area (Å²) in [5.41, 5.74) is 2.52. The van der Waals surface area contributed by atoms with Gasteiger partial charge in [0.05, 0.1) is 23.5 Å². The number of hydrogen-bond acceptors (Lipinski definition) is 6. The van der Waals surface area contributed by atoms with Gasteiger partial charge in [-0.05, 0) is 64.4 Å². The Kier molecular flexibility index (Phi) is 6.99. The Morgan fingerprint density at radius 1 is 1.22 bits per heavy atom. The molecule has 1 saturated heterocycles. The molecule has 0 spiro atoms. The van der Waals surface area contributed by atoms with Crippen LogP contribution in [0.5, 0.6) is 5.75 Å². The van der Waals surface area contributed by atoms with Crippen molar-refractivity contribution in [2.45, 2.75) is 58.2 Å². The van der Waals surface area contributed by atoms with Gasteiger partial charge in [-0.1, -0.05) is 46.1 Å². The number of ether oxygens (including phenoxy) is 1. The van der Waals surface area contributed by atoms with E-state index in [2.05, 4.69) is 47.2 Å². The van der Waals surface area contributed by atoms with Crippen LogP contribution >= 0.6 is 23.2 Å². The van der Waals surface area contributed by atoms with Crippen molar-refractivity contribution < 1.29 is 14.1 Å². The van der Waals surface area contributed by atoms with Gasteiger partial charge in [0.15, 0.2) is 0 Å². The van der Waals surface area contributed by atoms with Crippen LogP contribution in [-0.4, -0.2) is 39.6 Å². The van der Waals surface area contributed by atoms with Gasteiger partial charge in [-0.2, -0.15) is 4.98 Å². The molecule has 2 aromatic carbocycles. The third kappa shape index (κ3) is 5.53. The van der Waals surface area contributed by atoms with Gasteiger partial charge in [0.25, 0.3) is 0 Å². The average molecular weight is 529 g/mol. The van der Waals surface area contributed by atoms with E-state index >= 15 is 0 Å². The molecule has 1 fully saturated rings. The molecule has 190 valence electrons. The van der Waals surface area contributed by atoms with Crippen LogP contribution in [0.15, 0.2) is 40.9 Å². The molecule has 9 heteroatoms. The highest BCUT2D eigenvalue weighted by atomic mass is 35.5. The topological polar surface area (TPSA) is 80.5 Å². The number of nitrogens with zero attached hydrogens (tertiary/aromatic N) is 3. The SMILES string of the molecule is Cc1ccc2c(c1)C(NC(=O)C1CCCN(Cc3nc(-c4ccc(Cl)cc4Cl)no3)C1)CC(C)(C)O2. The summed E-state index contributed by atoms with van der Waals surface area (Å²) in [5.74, 6) is 1.74. The summed E-state index contributed by atoms with van der Waals surface area (Å²) < 4.78 is 11.7. The quantitative estimate of drug-likeness (QED) is 0.438. The highest BCUT2D eigenvalue weighted by Gasteiger charge is 2.36. The monoisotopic (exact) mass is 528 g/mol. The molecule has 0 bridgehead atoms. The lowest BCUT2D eigenvalue weighted by Gasteiger charge is -2.39. The van der Waals surface area contributed by atoms with Gasteiger partial charge in [-0.15, -0.1) is 0 Å². The second-order valence-electron chi connectivity index (χ2n) is 10.4. The predicted molar refractivity (Wildman–Crippen MR) is 139 cm³/mol. The van der Waals surface area contributed by atoms with E-state index in [9.17, 15) is 4.79 Å². The molecule has 2 aliphatic heterocycles. The van der Waals surface area contributed by atoms with Gasteiger partial charge in [0, 0.05) is 29.1 Å². The van der Waals surface area contributed by atoms with Crippen LogP contribution in [0.3, 0.4) is 0 Å². The molecule has 1 aromatic heterocycles. The van der Waals surface area contributed by atoms with Gasteiger partial charge >= 0.3 is 0 Å². The molecule has 7 nitrogen and oxygen atoms in total. The van der Waals surface area contributed by atoms with E-state index in [0.29, 0.717) is 40.4 Å². The van der Waals surface area contributed by atoms with Crippen molar-refractivity contribution in [1.82, 2.24) is 20.4 Å². The molecule has 2 unspecified atom stereocenters. The Morgan fingerprint density at radius 3 is 2.86 bits per heavy atom. The molecular formula is C27H30Cl2N4O3. The number of halogens is 2. The Hall–Kier alpha value is -2.61. The number of nitrogens with one attached hydrogen (secondary N) is 1. The number of carbonyl (C=O) groups excluding carboxylic acids is 1. The van der Waals surface area contributed by atoms with Crippen molar-refractivity contribution in [1.29, 1.82) is 0 Å². The molecule has 3 heterocycles. The summed E-state index contributed by atoms with van der Waals surface area (Å²) in [7, 11) is 0. The number of aromatic nitrogens is 2. The fourth-order valence-corrected chi connectivity index (χ4v) is 5.59. The largest absolute Gasteiger partial charge is 0.487 e. The van der Waals surface area contributed by atoms with Crippen LogP contribution in [-0.2, 0) is 11.3 Å². The molecule has 0 radical (unpaired) electrons. The molecule has 0 saturated carbocycles. The van der Waals surface area contributed by atoms with Crippen molar-refractivity contribution in [2.75, 3.05) is 13.1 Å². The first kappa shape index (κ1) is 25.1. The fraction of sp³-hybridized carbons (Fsp3) is 0.444. The first-order chi connectivity index (χ1) is 17.2. The van der Waals surface area contributed by atoms with E-state index in [4.69, 9.17) is 32.5 Å². The number of piperidine rings is 1. The smallest absolute Gasteiger partial charge is 0.241 e. The van der Waals surface area contributed by atoms with Crippen LogP contribution in [0.4, 0.5) is 0 Å². The first-order valence-electron chi connectivity index (χ1n) is 12.3. The van der Waals surface area contributed by atoms with E-state index in [1.54, 1.807) is 18.2 Å². The molecule has 1 amide bonds. The molecular weight excluding hydrogens is 499 g/mol. The zero-order chi connectivity index (χ0) is 25.4. The summed E-state index contributed by atoms with van der Waals surface area (Å²) >= 11 is 12.3. The summed E-state index contributed by atoms with van der Waals surface area (Å²) in [6.07, 6.45) is 2.51. The van der Waals surface area contributed by atoms with Crippen LogP contribution < -0.4 is 10.1 Å². The minimum Gasteiger partial charge on any atom is -0.487 e. The van der Waals surface area contributed by atoms with Crippen molar-refractivity contribution >= 4 is 29.1 Å². The Labute approximate surface area is 221 Å². The average Bonchev–Trinajstić information content (AvgIpc) is 3.27. The van der Waals surface area contributed by atoms with E-state index < -0.39 is 0 Å². The van der Waals surface area contributed by atoms with Gasteiger partial charge in [-0.25, -0.2) is 0 Å². The van der Waals surface area contributed by atoms with Gasteiger partial charge < -0.3 is 14.6 Å². The normalized spacial score (nSPS) is 21.5. The molecule has 0 aliphatic carbocycles. The van der Waals surface area contributed by atoms with Crippen molar-refractivity contribution in [2.24, 2.45) is 5.92 Å². The van der Waals surface area contributed by atoms with E-state index in [-0.39, 0.29) is 23.5 Å². The zero-order valence-corrected chi connectivity index (χ0v) is 22.2. The standard InChI is InChI=1S/C27H30Cl2N4O3/c1-16-6-9-23-20(11-16)22(13-27(2,3)35-23)30-26(34)17-5-4-10-33(14-17)15-24-31-25(32-36-24)19-8-7-18(28)12-21(19)29/h6-9,11-12,17,22H,4-5,10,13-15H2,1-3H3,(H,30,34). The molecule has 1 N–H and O–H groups in total. The van der Waals surface area contributed by atoms with Crippen molar-refractivity contribution in [3.05, 3.63) is 63.5 Å². The number of aryl methyl sites for hydroxylation is 1. The summed E-state index contributed by atoms with van der Waals surface area (Å²) in [5, 5.41) is 8.43. The molecule has 36 heavy (non-hydrogen) atoms. The maximum atomic E-state index is 13.4. The minimum atomic E-state index is -0.346. The zero-order valence-electron chi connectivity index (χ0n) is 20.7. The van der Waals surface area contributed by atoms with Gasteiger partial charge in [0.1, 0.15) is 11.4 Å². The van der Waals surface area contributed by atoms with Crippen LogP contribution in [0, 0.1) is 12.8 Å². The number of carbonyl (C=O) groups is 1. The number of hydrogen-bond donors (Lipinski definition) is 1. The van der Waals surface area contributed by atoms with E-state index in [1.807, 2.05) is 12.1 Å². The highest BCUT2D eigenvalue weighted by Crippen LogP contribution is 2.40. The molecule has 3 aromatic rings. The second kappa shape index (κ2) is 10.0. The molecule has 5 rings (SSSR count). The first-order valence-corrected chi connectivity index (χ1v) is 13.0. The lowest BCUT2D eigenvalue weighted by molar-refractivity contribution is -0.128. The third-order valence-corrected chi connectivity index (χ3v) is 7.36. The lowest BCUT2D eigenvalue weighted by Crippen LogP contribution is -2.46. The number of fused-ring (bicyclic) bond motifs is 1. The lowest BCUT2D eigenvalue weighted by atomic mass is 9.88. The van der Waals surface area contributed by atoms with E-state index in [0.717, 1.165) is 42.7 Å².